The number of nitro benzene ring substituents is 1. The fourth-order valence-corrected chi connectivity index (χ4v) is 3.20. The van der Waals surface area contributed by atoms with E-state index in [0.29, 0.717) is 16.1 Å². The summed E-state index contributed by atoms with van der Waals surface area (Å²) in [6.07, 6.45) is 6.36. The minimum absolute atomic E-state index is 0.0116. The first-order valence-electron chi connectivity index (χ1n) is 7.39. The summed E-state index contributed by atoms with van der Waals surface area (Å²) in [6, 6.07) is 9.82. The second kappa shape index (κ2) is 7.14. The lowest BCUT2D eigenvalue weighted by molar-refractivity contribution is -0.384. The van der Waals surface area contributed by atoms with Crippen LogP contribution in [0.25, 0.3) is 16.6 Å². The molecule has 0 atom stereocenters. The van der Waals surface area contributed by atoms with E-state index >= 15 is 0 Å². The summed E-state index contributed by atoms with van der Waals surface area (Å²) < 4.78 is 0. The molecule has 2 aromatic heterocycles. The second-order valence-corrected chi connectivity index (χ2v) is 6.22. The topological polar surface area (TPSA) is 86.0 Å². The van der Waals surface area contributed by atoms with E-state index in [-0.39, 0.29) is 11.5 Å². The van der Waals surface area contributed by atoms with Crippen LogP contribution in [0.5, 0.6) is 0 Å². The van der Waals surface area contributed by atoms with Crippen molar-refractivity contribution in [2.75, 3.05) is 0 Å². The number of thiazole rings is 1. The number of benzene rings is 1. The van der Waals surface area contributed by atoms with Crippen molar-refractivity contribution in [3.05, 3.63) is 81.1 Å². The molecule has 2 heterocycles. The molecule has 0 aliphatic carbocycles. The Labute approximate surface area is 147 Å². The number of allylic oxidation sites excluding steroid dienone is 1. The van der Waals surface area contributed by atoms with Gasteiger partial charge in [0.25, 0.3) is 5.69 Å². The lowest BCUT2D eigenvalue weighted by Gasteiger charge is -1.95. The van der Waals surface area contributed by atoms with Crippen molar-refractivity contribution in [1.82, 2.24) is 9.97 Å². The van der Waals surface area contributed by atoms with Crippen LogP contribution < -0.4 is 0 Å². The number of aryl methyl sites for hydroxylation is 1. The van der Waals surface area contributed by atoms with Gasteiger partial charge in [0.15, 0.2) is 5.78 Å². The summed E-state index contributed by atoms with van der Waals surface area (Å²) in [7, 11) is 0. The van der Waals surface area contributed by atoms with E-state index in [9.17, 15) is 14.9 Å². The number of nitrogens with zero attached hydrogens (tertiary/aromatic N) is 3. The molecule has 0 spiro atoms. The van der Waals surface area contributed by atoms with Crippen LogP contribution in [-0.2, 0) is 0 Å². The van der Waals surface area contributed by atoms with Crippen molar-refractivity contribution in [3.8, 4) is 10.6 Å². The van der Waals surface area contributed by atoms with Gasteiger partial charge in [-0.15, -0.1) is 11.3 Å². The SMILES string of the molecule is Cc1nc(-c2cccnc2)sc1C(=O)/C=C\c1cccc([N+](=O)[O-])c1. The lowest BCUT2D eigenvalue weighted by Crippen LogP contribution is -1.93. The maximum Gasteiger partial charge on any atom is 0.270 e. The summed E-state index contributed by atoms with van der Waals surface area (Å²) in [6.45, 7) is 1.78. The van der Waals surface area contributed by atoms with Crippen molar-refractivity contribution >= 4 is 28.9 Å². The molecule has 6 nitrogen and oxygen atoms in total. The van der Waals surface area contributed by atoms with Crippen molar-refractivity contribution < 1.29 is 9.72 Å². The number of rotatable bonds is 5. The lowest BCUT2D eigenvalue weighted by atomic mass is 10.1. The number of carbonyl (C=O) groups is 1. The van der Waals surface area contributed by atoms with Crippen LogP contribution >= 0.6 is 11.3 Å². The van der Waals surface area contributed by atoms with Gasteiger partial charge in [-0.1, -0.05) is 18.2 Å². The summed E-state index contributed by atoms with van der Waals surface area (Å²) in [5.74, 6) is -0.184. The van der Waals surface area contributed by atoms with Gasteiger partial charge in [-0.3, -0.25) is 19.9 Å². The van der Waals surface area contributed by atoms with Crippen molar-refractivity contribution in [2.45, 2.75) is 6.92 Å². The molecule has 0 aliphatic heterocycles. The fraction of sp³-hybridized carbons (Fsp3) is 0.0556. The highest BCUT2D eigenvalue weighted by molar-refractivity contribution is 7.17. The number of non-ortho nitro benzene ring substituents is 1. The molecule has 0 radical (unpaired) electrons. The Morgan fingerprint density at radius 1 is 1.28 bits per heavy atom. The Morgan fingerprint density at radius 3 is 2.84 bits per heavy atom. The first kappa shape index (κ1) is 16.7. The highest BCUT2D eigenvalue weighted by atomic mass is 32.1. The molecule has 124 valence electrons. The molecular formula is C18H13N3O3S. The van der Waals surface area contributed by atoms with Gasteiger partial charge in [-0.25, -0.2) is 4.98 Å². The zero-order valence-electron chi connectivity index (χ0n) is 13.2. The molecule has 3 aromatic rings. The number of hydrogen-bond donors (Lipinski definition) is 0. The Bertz CT molecular complexity index is 965. The number of carbonyl (C=O) groups excluding carboxylic acids is 1. The van der Waals surface area contributed by atoms with Crippen LogP contribution in [0, 0.1) is 17.0 Å². The molecule has 0 saturated heterocycles. The largest absolute Gasteiger partial charge is 0.288 e. The fourth-order valence-electron chi connectivity index (χ4n) is 2.23. The van der Waals surface area contributed by atoms with Crippen molar-refractivity contribution in [3.63, 3.8) is 0 Å². The van der Waals surface area contributed by atoms with Gasteiger partial charge in [0.2, 0.25) is 0 Å². The van der Waals surface area contributed by atoms with Gasteiger partial charge < -0.3 is 0 Å². The van der Waals surface area contributed by atoms with Gasteiger partial charge in [0, 0.05) is 30.1 Å². The van der Waals surface area contributed by atoms with Gasteiger partial charge in [0.05, 0.1) is 15.5 Å². The predicted molar refractivity (Wildman–Crippen MR) is 96.5 cm³/mol. The normalized spacial score (nSPS) is 10.9. The zero-order valence-corrected chi connectivity index (χ0v) is 14.1. The molecule has 0 fully saturated rings. The van der Waals surface area contributed by atoms with Crippen LogP contribution in [-0.4, -0.2) is 20.7 Å². The third-order valence-corrected chi connectivity index (χ3v) is 4.66. The number of aromatic nitrogens is 2. The van der Waals surface area contributed by atoms with E-state index in [0.717, 1.165) is 10.6 Å². The Morgan fingerprint density at radius 2 is 2.12 bits per heavy atom. The van der Waals surface area contributed by atoms with Gasteiger partial charge >= 0.3 is 0 Å². The summed E-state index contributed by atoms with van der Waals surface area (Å²) in [5, 5.41) is 11.5. The average Bonchev–Trinajstić information content (AvgIpc) is 3.02. The predicted octanol–water partition coefficient (Wildman–Crippen LogP) is 4.32. The van der Waals surface area contributed by atoms with Crippen molar-refractivity contribution in [2.24, 2.45) is 0 Å². The molecule has 0 amide bonds. The smallest absolute Gasteiger partial charge is 0.270 e. The summed E-state index contributed by atoms with van der Waals surface area (Å²) in [5.41, 5.74) is 2.09. The van der Waals surface area contributed by atoms with Gasteiger partial charge in [-0.2, -0.15) is 0 Å². The molecule has 1 aromatic carbocycles. The summed E-state index contributed by atoms with van der Waals surface area (Å²) in [4.78, 5) is 31.8. The number of ketones is 1. The molecule has 3 rings (SSSR count). The Hall–Kier alpha value is -3.19. The van der Waals surface area contributed by atoms with E-state index < -0.39 is 4.92 Å². The maximum atomic E-state index is 12.4. The average molecular weight is 351 g/mol. The second-order valence-electron chi connectivity index (χ2n) is 5.22. The van der Waals surface area contributed by atoms with Crippen LogP contribution in [0.4, 0.5) is 5.69 Å². The number of hydrogen-bond acceptors (Lipinski definition) is 6. The van der Waals surface area contributed by atoms with E-state index in [2.05, 4.69) is 9.97 Å². The first-order valence-corrected chi connectivity index (χ1v) is 8.21. The summed E-state index contributed by atoms with van der Waals surface area (Å²) >= 11 is 1.30. The third-order valence-electron chi connectivity index (χ3n) is 3.44. The van der Waals surface area contributed by atoms with E-state index in [1.165, 1.54) is 29.5 Å². The Kier molecular flexibility index (Phi) is 4.76. The monoisotopic (exact) mass is 351 g/mol. The molecule has 0 aliphatic rings. The van der Waals surface area contributed by atoms with Crippen LogP contribution in [0.15, 0.2) is 54.9 Å². The van der Waals surface area contributed by atoms with Crippen LogP contribution in [0.1, 0.15) is 20.9 Å². The molecule has 0 bridgehead atoms. The standard InChI is InChI=1S/C18H13N3O3S/c1-12-17(25-18(20-12)14-5-3-9-19-11-14)16(22)8-7-13-4-2-6-15(10-13)21(23)24/h2-11H,1H3/b8-7-. The minimum atomic E-state index is -0.466. The Balaban J connectivity index is 1.83. The zero-order chi connectivity index (χ0) is 17.8. The molecular weight excluding hydrogens is 338 g/mol. The molecule has 0 unspecified atom stereocenters. The highest BCUT2D eigenvalue weighted by Crippen LogP contribution is 2.28. The first-order chi connectivity index (χ1) is 12.0. The van der Waals surface area contributed by atoms with E-state index in [1.54, 1.807) is 37.5 Å². The van der Waals surface area contributed by atoms with E-state index in [4.69, 9.17) is 0 Å². The van der Waals surface area contributed by atoms with E-state index in [1.807, 2.05) is 12.1 Å². The number of nitro groups is 1. The third kappa shape index (κ3) is 3.84. The minimum Gasteiger partial charge on any atom is -0.288 e. The molecule has 7 heteroatoms. The van der Waals surface area contributed by atoms with Gasteiger partial charge in [-0.05, 0) is 30.7 Å². The van der Waals surface area contributed by atoms with Crippen molar-refractivity contribution in [1.29, 1.82) is 0 Å². The molecule has 25 heavy (non-hydrogen) atoms. The maximum absolute atomic E-state index is 12.4. The number of pyridine rings is 1. The highest BCUT2D eigenvalue weighted by Gasteiger charge is 2.14. The molecule has 0 saturated carbocycles. The molecule has 0 N–H and O–H groups in total. The van der Waals surface area contributed by atoms with Gasteiger partial charge in [0.1, 0.15) is 5.01 Å². The van der Waals surface area contributed by atoms with Crippen LogP contribution in [0.3, 0.4) is 0 Å². The van der Waals surface area contributed by atoms with Crippen LogP contribution in [0.2, 0.25) is 0 Å². The quantitative estimate of drug-likeness (QED) is 0.296.